The van der Waals surface area contributed by atoms with E-state index in [1.165, 1.54) is 0 Å². The topological polar surface area (TPSA) is 66.6 Å². The molecule has 0 spiro atoms. The second kappa shape index (κ2) is 7.02. The molecule has 1 fully saturated rings. The number of fused-ring (bicyclic) bond motifs is 1. The van der Waals surface area contributed by atoms with E-state index in [-0.39, 0.29) is 12.0 Å². The first-order valence-electron chi connectivity index (χ1n) is 7.91. The Kier molecular flexibility index (Phi) is 4.83. The average molecular weight is 317 g/mol. The van der Waals surface area contributed by atoms with Crippen LogP contribution in [-0.2, 0) is 4.74 Å². The highest BCUT2D eigenvalue weighted by molar-refractivity contribution is 5.98. The van der Waals surface area contributed by atoms with Gasteiger partial charge >= 0.3 is 0 Å². The third-order valence-corrected chi connectivity index (χ3v) is 4.17. The van der Waals surface area contributed by atoms with E-state index in [1.807, 2.05) is 24.3 Å². The fraction of sp³-hybridized carbons (Fsp3) is 0.471. The van der Waals surface area contributed by atoms with Gasteiger partial charge in [0, 0.05) is 30.5 Å². The van der Waals surface area contributed by atoms with E-state index in [4.69, 9.17) is 9.47 Å². The van der Waals surface area contributed by atoms with Crippen LogP contribution in [0.1, 0.15) is 16.9 Å². The van der Waals surface area contributed by atoms with Crippen molar-refractivity contribution in [1.29, 1.82) is 0 Å². The van der Waals surface area contributed by atoms with Crippen molar-refractivity contribution in [2.75, 3.05) is 40.4 Å². The van der Waals surface area contributed by atoms with Gasteiger partial charge in [-0.05, 0) is 37.7 Å². The molecule has 0 saturated carbocycles. The molecule has 1 amide bonds. The molecule has 1 aliphatic rings. The lowest BCUT2D eigenvalue weighted by atomic mass is 10.2. The molecule has 1 atom stereocenters. The zero-order chi connectivity index (χ0) is 16.2. The Labute approximate surface area is 135 Å². The number of aromatic nitrogens is 1. The van der Waals surface area contributed by atoms with Gasteiger partial charge in [-0.3, -0.25) is 4.79 Å². The van der Waals surface area contributed by atoms with Crippen molar-refractivity contribution in [3.05, 3.63) is 30.0 Å². The summed E-state index contributed by atoms with van der Waals surface area (Å²) in [4.78, 5) is 17.6. The number of amides is 1. The van der Waals surface area contributed by atoms with Crippen LogP contribution >= 0.6 is 0 Å². The van der Waals surface area contributed by atoms with Crippen LogP contribution in [0.2, 0.25) is 0 Å². The first-order chi connectivity index (χ1) is 11.2. The van der Waals surface area contributed by atoms with E-state index in [0.29, 0.717) is 12.2 Å². The maximum Gasteiger partial charge on any atom is 0.267 e. The number of hydrogen-bond donors (Lipinski definition) is 2. The molecule has 1 aliphatic heterocycles. The Balaban J connectivity index is 1.55. The largest absolute Gasteiger partial charge is 0.497 e. The number of aromatic amines is 1. The molecule has 6 nitrogen and oxygen atoms in total. The molecule has 0 unspecified atom stereocenters. The summed E-state index contributed by atoms with van der Waals surface area (Å²) in [6, 6.07) is 7.54. The number of carbonyl (C=O) groups is 1. The van der Waals surface area contributed by atoms with Gasteiger partial charge < -0.3 is 24.7 Å². The molecule has 0 aliphatic carbocycles. The third kappa shape index (κ3) is 3.83. The summed E-state index contributed by atoms with van der Waals surface area (Å²) in [6.45, 7) is 3.26. The van der Waals surface area contributed by atoms with Gasteiger partial charge in [0.05, 0.1) is 19.8 Å². The summed E-state index contributed by atoms with van der Waals surface area (Å²) in [7, 11) is 3.72. The monoisotopic (exact) mass is 317 g/mol. The molecule has 124 valence electrons. The van der Waals surface area contributed by atoms with Crippen molar-refractivity contribution >= 4 is 16.8 Å². The van der Waals surface area contributed by atoms with Crippen LogP contribution in [0, 0.1) is 0 Å². The van der Waals surface area contributed by atoms with Crippen LogP contribution in [-0.4, -0.2) is 62.3 Å². The summed E-state index contributed by atoms with van der Waals surface area (Å²) in [5, 5.41) is 3.92. The van der Waals surface area contributed by atoms with Gasteiger partial charge in [0.2, 0.25) is 0 Å². The van der Waals surface area contributed by atoms with E-state index in [9.17, 15) is 4.79 Å². The van der Waals surface area contributed by atoms with E-state index < -0.39 is 0 Å². The number of H-pyrrole nitrogens is 1. The summed E-state index contributed by atoms with van der Waals surface area (Å²) < 4.78 is 10.9. The lowest BCUT2D eigenvalue weighted by Crippen LogP contribution is -2.41. The van der Waals surface area contributed by atoms with E-state index in [1.54, 1.807) is 7.11 Å². The summed E-state index contributed by atoms with van der Waals surface area (Å²) in [5.41, 5.74) is 1.49. The predicted octanol–water partition coefficient (Wildman–Crippen LogP) is 1.63. The van der Waals surface area contributed by atoms with Crippen molar-refractivity contribution in [2.45, 2.75) is 12.5 Å². The first kappa shape index (κ1) is 15.8. The van der Waals surface area contributed by atoms with Crippen LogP contribution < -0.4 is 10.1 Å². The summed E-state index contributed by atoms with van der Waals surface area (Å²) in [6.07, 6.45) is 1.02. The zero-order valence-electron chi connectivity index (χ0n) is 13.6. The second-order valence-corrected chi connectivity index (χ2v) is 5.94. The van der Waals surface area contributed by atoms with Gasteiger partial charge in [-0.25, -0.2) is 0 Å². The zero-order valence-corrected chi connectivity index (χ0v) is 13.6. The molecule has 2 N–H and O–H groups in total. The minimum Gasteiger partial charge on any atom is -0.497 e. The molecule has 0 radical (unpaired) electrons. The number of ether oxygens (including phenoxy) is 2. The number of likely N-dealkylation sites (N-methyl/N-ethyl adjacent to an activating group) is 1. The molecular weight excluding hydrogens is 294 g/mol. The quantitative estimate of drug-likeness (QED) is 0.879. The molecule has 2 heterocycles. The van der Waals surface area contributed by atoms with Crippen LogP contribution in [0.3, 0.4) is 0 Å². The normalized spacial score (nSPS) is 19.0. The molecule has 1 saturated heterocycles. The van der Waals surface area contributed by atoms with Gasteiger partial charge in [0.15, 0.2) is 0 Å². The minimum absolute atomic E-state index is 0.0932. The standard InChI is InChI=1S/C17H23N3O3/c1-20-7-8-23-14(11-20)5-6-18-17(21)16-10-12-9-13(22-2)3-4-15(12)19-16/h3-4,9-10,14,19H,5-8,11H2,1-2H3,(H,18,21)/t14-/m0/s1. The molecule has 3 rings (SSSR count). The highest BCUT2D eigenvalue weighted by Gasteiger charge is 2.18. The highest BCUT2D eigenvalue weighted by atomic mass is 16.5. The van der Waals surface area contributed by atoms with E-state index in [2.05, 4.69) is 22.2 Å². The number of benzene rings is 1. The maximum absolute atomic E-state index is 12.2. The Bertz CT molecular complexity index is 683. The van der Waals surface area contributed by atoms with E-state index in [0.717, 1.165) is 42.8 Å². The lowest BCUT2D eigenvalue weighted by Gasteiger charge is -2.30. The second-order valence-electron chi connectivity index (χ2n) is 5.94. The number of nitrogens with one attached hydrogen (secondary N) is 2. The molecule has 1 aromatic carbocycles. The third-order valence-electron chi connectivity index (χ3n) is 4.17. The highest BCUT2D eigenvalue weighted by Crippen LogP contribution is 2.21. The molecule has 0 bridgehead atoms. The summed E-state index contributed by atoms with van der Waals surface area (Å²) >= 11 is 0. The first-order valence-corrected chi connectivity index (χ1v) is 7.91. The smallest absolute Gasteiger partial charge is 0.267 e. The average Bonchev–Trinajstić information content (AvgIpc) is 2.98. The van der Waals surface area contributed by atoms with Gasteiger partial charge in [0.25, 0.3) is 5.91 Å². The molecule has 2 aromatic rings. The Hall–Kier alpha value is -2.05. The SMILES string of the molecule is COc1ccc2[nH]c(C(=O)NCC[C@H]3CN(C)CCO3)cc2c1. The Morgan fingerprint density at radius 1 is 1.48 bits per heavy atom. The maximum atomic E-state index is 12.2. The van der Waals surface area contributed by atoms with E-state index >= 15 is 0 Å². The number of carbonyl (C=O) groups excluding carboxylic acids is 1. The number of hydrogen-bond acceptors (Lipinski definition) is 4. The van der Waals surface area contributed by atoms with Crippen molar-refractivity contribution in [3.8, 4) is 5.75 Å². The van der Waals surface area contributed by atoms with Crippen LogP contribution in [0.4, 0.5) is 0 Å². The fourth-order valence-corrected chi connectivity index (χ4v) is 2.84. The fourth-order valence-electron chi connectivity index (χ4n) is 2.84. The van der Waals surface area contributed by atoms with Crippen molar-refractivity contribution < 1.29 is 14.3 Å². The van der Waals surface area contributed by atoms with Crippen molar-refractivity contribution in [1.82, 2.24) is 15.2 Å². The number of nitrogens with zero attached hydrogens (tertiary/aromatic N) is 1. The van der Waals surface area contributed by atoms with Crippen molar-refractivity contribution in [3.63, 3.8) is 0 Å². The number of morpholine rings is 1. The molecule has 1 aromatic heterocycles. The minimum atomic E-state index is -0.0932. The molecular formula is C17H23N3O3. The van der Waals surface area contributed by atoms with Crippen LogP contribution in [0.25, 0.3) is 10.9 Å². The van der Waals surface area contributed by atoms with Gasteiger partial charge in [-0.1, -0.05) is 0 Å². The van der Waals surface area contributed by atoms with Gasteiger partial charge in [-0.15, -0.1) is 0 Å². The number of methoxy groups -OCH3 is 1. The molecule has 6 heteroatoms. The van der Waals surface area contributed by atoms with Crippen LogP contribution in [0.15, 0.2) is 24.3 Å². The lowest BCUT2D eigenvalue weighted by molar-refractivity contribution is -0.0226. The molecule has 23 heavy (non-hydrogen) atoms. The van der Waals surface area contributed by atoms with Gasteiger partial charge in [0.1, 0.15) is 11.4 Å². The Morgan fingerprint density at radius 2 is 2.35 bits per heavy atom. The van der Waals surface area contributed by atoms with Gasteiger partial charge in [-0.2, -0.15) is 0 Å². The van der Waals surface area contributed by atoms with Crippen LogP contribution in [0.5, 0.6) is 5.75 Å². The van der Waals surface area contributed by atoms with Crippen molar-refractivity contribution in [2.24, 2.45) is 0 Å². The Morgan fingerprint density at radius 3 is 3.13 bits per heavy atom. The summed E-state index contributed by atoms with van der Waals surface area (Å²) in [5.74, 6) is 0.686. The number of rotatable bonds is 5. The predicted molar refractivity (Wildman–Crippen MR) is 89.0 cm³/mol.